The molecule has 0 bridgehead atoms. The number of aromatic nitrogens is 1. The second-order valence-corrected chi connectivity index (χ2v) is 2.05. The minimum Gasteiger partial charge on any atom is -0.430 e. The molecular weight excluding hydrogens is 174 g/mol. The Hall–Kier alpha value is -1.91. The highest BCUT2D eigenvalue weighted by atomic mass is 16.7. The first-order chi connectivity index (χ1) is 6.34. The van der Waals surface area contributed by atoms with E-state index in [2.05, 4.69) is 14.5 Å². The molecule has 0 amide bonds. The zero-order valence-electron chi connectivity index (χ0n) is 6.67. The molecule has 5 heteroatoms. The molecule has 68 valence electrons. The Labute approximate surface area is 74.3 Å². The van der Waals surface area contributed by atoms with Gasteiger partial charge in [-0.3, -0.25) is 9.78 Å². The minimum absolute atomic E-state index is 0.205. The zero-order chi connectivity index (χ0) is 9.52. The van der Waals surface area contributed by atoms with Crippen molar-refractivity contribution in [3.05, 3.63) is 30.1 Å². The molecule has 0 saturated heterocycles. The molecule has 1 heterocycles. The summed E-state index contributed by atoms with van der Waals surface area (Å²) in [6.45, 7) is -0.173. The lowest BCUT2D eigenvalue weighted by Gasteiger charge is -2.01. The molecule has 0 aliphatic carbocycles. The summed E-state index contributed by atoms with van der Waals surface area (Å²) in [5, 5.41) is 0. The predicted octanol–water partition coefficient (Wildman–Crippen LogP) is 0.369. The largest absolute Gasteiger partial charge is 0.430 e. The normalized spacial score (nSPS) is 8.92. The van der Waals surface area contributed by atoms with Gasteiger partial charge in [-0.05, 0) is 12.1 Å². The van der Waals surface area contributed by atoms with Crippen molar-refractivity contribution in [2.24, 2.45) is 0 Å². The van der Waals surface area contributed by atoms with Crippen molar-refractivity contribution in [3.63, 3.8) is 0 Å². The molecule has 0 atom stereocenters. The summed E-state index contributed by atoms with van der Waals surface area (Å²) in [6, 6.07) is 3.16. The average molecular weight is 181 g/mol. The van der Waals surface area contributed by atoms with Gasteiger partial charge in [0.2, 0.25) is 6.79 Å². The number of carbonyl (C=O) groups is 2. The van der Waals surface area contributed by atoms with E-state index in [0.717, 1.165) is 0 Å². The molecule has 0 spiro atoms. The molecule has 0 N–H and O–H groups in total. The Morgan fingerprint density at radius 2 is 2.46 bits per heavy atom. The highest BCUT2D eigenvalue weighted by Gasteiger charge is 2.05. The lowest BCUT2D eigenvalue weighted by atomic mass is 10.3. The second kappa shape index (κ2) is 4.87. The number of carbonyl (C=O) groups excluding carboxylic acids is 2. The number of hydrogen-bond donors (Lipinski definition) is 0. The van der Waals surface area contributed by atoms with Crippen molar-refractivity contribution in [2.45, 2.75) is 0 Å². The predicted molar refractivity (Wildman–Crippen MR) is 41.7 cm³/mol. The van der Waals surface area contributed by atoms with Crippen LogP contribution in [0.5, 0.6) is 0 Å². The topological polar surface area (TPSA) is 65.5 Å². The van der Waals surface area contributed by atoms with E-state index >= 15 is 0 Å². The summed E-state index contributed by atoms with van der Waals surface area (Å²) in [5.41, 5.74) is 0.317. The van der Waals surface area contributed by atoms with Crippen LogP contribution < -0.4 is 0 Å². The van der Waals surface area contributed by atoms with Crippen molar-refractivity contribution in [2.75, 3.05) is 6.79 Å². The van der Waals surface area contributed by atoms with Gasteiger partial charge in [0.05, 0.1) is 5.56 Å². The molecule has 0 fully saturated rings. The number of pyridine rings is 1. The van der Waals surface area contributed by atoms with E-state index in [1.54, 1.807) is 18.3 Å². The van der Waals surface area contributed by atoms with E-state index in [1.807, 2.05) is 0 Å². The minimum atomic E-state index is -0.574. The van der Waals surface area contributed by atoms with Gasteiger partial charge in [0.15, 0.2) is 0 Å². The molecule has 13 heavy (non-hydrogen) atoms. The molecule has 1 aromatic heterocycles. The van der Waals surface area contributed by atoms with Crippen molar-refractivity contribution >= 4 is 12.4 Å². The molecule has 0 aromatic carbocycles. The first-order valence-corrected chi connectivity index (χ1v) is 3.47. The maximum atomic E-state index is 11.1. The summed E-state index contributed by atoms with van der Waals surface area (Å²) in [6.07, 6.45) is 2.90. The van der Waals surface area contributed by atoms with Gasteiger partial charge >= 0.3 is 5.97 Å². The Balaban J connectivity index is 2.45. The smallest absolute Gasteiger partial charge is 0.342 e. The number of hydrogen-bond acceptors (Lipinski definition) is 5. The summed E-state index contributed by atoms with van der Waals surface area (Å²) in [7, 11) is 0. The lowest BCUT2D eigenvalue weighted by molar-refractivity contribution is -0.136. The third-order valence-corrected chi connectivity index (χ3v) is 1.22. The molecule has 0 saturated carbocycles. The first-order valence-electron chi connectivity index (χ1n) is 3.47. The monoisotopic (exact) mass is 181 g/mol. The molecule has 0 aliphatic rings. The molecule has 1 aromatic rings. The number of ether oxygens (including phenoxy) is 2. The summed E-state index contributed by atoms with van der Waals surface area (Å²) < 4.78 is 8.72. The third-order valence-electron chi connectivity index (χ3n) is 1.22. The van der Waals surface area contributed by atoms with Crippen LogP contribution in [0.3, 0.4) is 0 Å². The van der Waals surface area contributed by atoms with Gasteiger partial charge in [-0.15, -0.1) is 0 Å². The quantitative estimate of drug-likeness (QED) is 0.290. The molecule has 5 nitrogen and oxygen atoms in total. The Morgan fingerprint density at radius 3 is 3.08 bits per heavy atom. The molecule has 0 radical (unpaired) electrons. The van der Waals surface area contributed by atoms with Gasteiger partial charge in [0.25, 0.3) is 6.47 Å². The Morgan fingerprint density at radius 1 is 1.62 bits per heavy atom. The fourth-order valence-electron chi connectivity index (χ4n) is 0.682. The highest BCUT2D eigenvalue weighted by Crippen LogP contribution is 1.98. The summed E-state index contributed by atoms with van der Waals surface area (Å²) in [4.78, 5) is 24.5. The number of esters is 1. The highest BCUT2D eigenvalue weighted by molar-refractivity contribution is 5.88. The van der Waals surface area contributed by atoms with Gasteiger partial charge in [-0.1, -0.05) is 0 Å². The Kier molecular flexibility index (Phi) is 3.44. The lowest BCUT2D eigenvalue weighted by Crippen LogP contribution is -2.08. The fraction of sp³-hybridized carbons (Fsp3) is 0.125. The summed E-state index contributed by atoms with van der Waals surface area (Å²) in [5.74, 6) is -0.574. The zero-order valence-corrected chi connectivity index (χ0v) is 6.67. The second-order valence-electron chi connectivity index (χ2n) is 2.05. The van der Waals surface area contributed by atoms with Crippen LogP contribution in [0, 0.1) is 0 Å². The van der Waals surface area contributed by atoms with E-state index < -0.39 is 5.97 Å². The van der Waals surface area contributed by atoms with Crippen molar-refractivity contribution in [1.29, 1.82) is 0 Å². The van der Waals surface area contributed by atoms with Crippen LogP contribution in [-0.2, 0) is 14.3 Å². The Bertz CT molecular complexity index is 285. The van der Waals surface area contributed by atoms with Crippen LogP contribution >= 0.6 is 0 Å². The molecule has 0 unspecified atom stereocenters. The van der Waals surface area contributed by atoms with E-state index in [4.69, 9.17) is 0 Å². The van der Waals surface area contributed by atoms with E-state index in [1.165, 1.54) is 6.20 Å². The van der Waals surface area contributed by atoms with E-state index in [9.17, 15) is 9.59 Å². The maximum absolute atomic E-state index is 11.1. The van der Waals surface area contributed by atoms with Crippen molar-refractivity contribution in [1.82, 2.24) is 4.98 Å². The maximum Gasteiger partial charge on any atom is 0.342 e. The molecule has 0 aliphatic heterocycles. The van der Waals surface area contributed by atoms with Gasteiger partial charge in [-0.2, -0.15) is 0 Å². The van der Waals surface area contributed by atoms with E-state index in [0.29, 0.717) is 5.56 Å². The SMILES string of the molecule is O=COCOC(=O)c1cccnc1. The summed E-state index contributed by atoms with van der Waals surface area (Å²) >= 11 is 0. The van der Waals surface area contributed by atoms with Crippen molar-refractivity contribution < 1.29 is 19.1 Å². The standard InChI is InChI=1S/C8H7NO4/c10-5-12-6-13-8(11)7-2-1-3-9-4-7/h1-5H,6H2. The van der Waals surface area contributed by atoms with Crippen LogP contribution in [0.4, 0.5) is 0 Å². The molecular formula is C8H7NO4. The first kappa shape index (κ1) is 9.18. The molecule has 1 rings (SSSR count). The van der Waals surface area contributed by atoms with Crippen LogP contribution in [0.25, 0.3) is 0 Å². The van der Waals surface area contributed by atoms with Gasteiger partial charge in [0, 0.05) is 12.4 Å². The van der Waals surface area contributed by atoms with Crippen molar-refractivity contribution in [3.8, 4) is 0 Å². The van der Waals surface area contributed by atoms with Gasteiger partial charge in [-0.25, -0.2) is 4.79 Å². The number of nitrogens with zero attached hydrogens (tertiary/aromatic N) is 1. The third kappa shape index (κ3) is 2.90. The average Bonchev–Trinajstić information content (AvgIpc) is 2.19. The van der Waals surface area contributed by atoms with E-state index in [-0.39, 0.29) is 13.3 Å². The van der Waals surface area contributed by atoms with Crippen LogP contribution in [-0.4, -0.2) is 24.2 Å². The van der Waals surface area contributed by atoms with Crippen LogP contribution in [0.1, 0.15) is 10.4 Å². The van der Waals surface area contributed by atoms with Gasteiger partial charge in [0.1, 0.15) is 0 Å². The number of rotatable bonds is 4. The van der Waals surface area contributed by atoms with Crippen LogP contribution in [0.15, 0.2) is 24.5 Å². The van der Waals surface area contributed by atoms with Crippen LogP contribution in [0.2, 0.25) is 0 Å². The van der Waals surface area contributed by atoms with Gasteiger partial charge < -0.3 is 9.47 Å². The fourth-order valence-corrected chi connectivity index (χ4v) is 0.682.